The van der Waals surface area contributed by atoms with Crippen molar-refractivity contribution in [3.63, 3.8) is 0 Å². The van der Waals surface area contributed by atoms with Gasteiger partial charge in [0.25, 0.3) is 0 Å². The van der Waals surface area contributed by atoms with E-state index in [-0.39, 0.29) is 10.9 Å². The van der Waals surface area contributed by atoms with Crippen molar-refractivity contribution < 1.29 is 18.3 Å². The minimum atomic E-state index is -3.78. The van der Waals surface area contributed by atoms with Gasteiger partial charge in [0.1, 0.15) is 6.54 Å². The summed E-state index contributed by atoms with van der Waals surface area (Å²) in [6.07, 6.45) is 0.554. The Morgan fingerprint density at radius 2 is 2.05 bits per heavy atom. The number of benzene rings is 1. The largest absolute Gasteiger partial charge is 0.480 e. The SMILES string of the molecule is CCC(C)N(CC(=O)O)S(=O)(=O)c1cccc(C)c1. The van der Waals surface area contributed by atoms with Crippen LogP contribution in [0.1, 0.15) is 25.8 Å². The molecule has 6 heteroatoms. The third kappa shape index (κ3) is 3.78. The van der Waals surface area contributed by atoms with E-state index in [0.717, 1.165) is 9.87 Å². The fraction of sp³-hybridized carbons (Fsp3) is 0.462. The Morgan fingerprint density at radius 1 is 1.42 bits per heavy atom. The van der Waals surface area contributed by atoms with Gasteiger partial charge < -0.3 is 5.11 Å². The maximum atomic E-state index is 12.5. The number of carboxylic acids is 1. The first-order valence-electron chi connectivity index (χ1n) is 6.09. The Balaban J connectivity index is 3.23. The second-order valence-electron chi connectivity index (χ2n) is 4.52. The van der Waals surface area contributed by atoms with E-state index in [9.17, 15) is 13.2 Å². The Bertz CT molecular complexity index is 554. The molecule has 5 nitrogen and oxygen atoms in total. The summed E-state index contributed by atoms with van der Waals surface area (Å²) in [6, 6.07) is 6.12. The molecule has 0 amide bonds. The second-order valence-corrected chi connectivity index (χ2v) is 6.41. The van der Waals surface area contributed by atoms with Crippen molar-refractivity contribution >= 4 is 16.0 Å². The van der Waals surface area contributed by atoms with Crippen LogP contribution in [-0.2, 0) is 14.8 Å². The van der Waals surface area contributed by atoms with Crippen LogP contribution in [-0.4, -0.2) is 36.4 Å². The number of carboxylic acid groups (broad SMARTS) is 1. The summed E-state index contributed by atoms with van der Waals surface area (Å²) in [5.74, 6) is -1.16. The van der Waals surface area contributed by atoms with E-state index in [4.69, 9.17) is 5.11 Å². The maximum Gasteiger partial charge on any atom is 0.318 e. The normalized spacial score (nSPS) is 13.5. The molecule has 0 saturated carbocycles. The van der Waals surface area contributed by atoms with Crippen molar-refractivity contribution in [1.82, 2.24) is 4.31 Å². The highest BCUT2D eigenvalue weighted by molar-refractivity contribution is 7.89. The van der Waals surface area contributed by atoms with Crippen LogP contribution in [0.15, 0.2) is 29.2 Å². The van der Waals surface area contributed by atoms with Crippen LogP contribution in [0.3, 0.4) is 0 Å². The fourth-order valence-corrected chi connectivity index (χ4v) is 3.49. The van der Waals surface area contributed by atoms with Crippen LogP contribution in [0.2, 0.25) is 0 Å². The van der Waals surface area contributed by atoms with Crippen molar-refractivity contribution in [2.24, 2.45) is 0 Å². The molecule has 19 heavy (non-hydrogen) atoms. The van der Waals surface area contributed by atoms with E-state index in [2.05, 4.69) is 0 Å². The van der Waals surface area contributed by atoms with Crippen molar-refractivity contribution in [2.45, 2.75) is 38.1 Å². The number of rotatable bonds is 6. The van der Waals surface area contributed by atoms with Gasteiger partial charge in [-0.3, -0.25) is 4.79 Å². The summed E-state index contributed by atoms with van der Waals surface area (Å²) in [6.45, 7) is 4.80. The molecule has 0 radical (unpaired) electrons. The Morgan fingerprint density at radius 3 is 2.53 bits per heavy atom. The van der Waals surface area contributed by atoms with Gasteiger partial charge in [-0.05, 0) is 38.0 Å². The highest BCUT2D eigenvalue weighted by atomic mass is 32.2. The quantitative estimate of drug-likeness (QED) is 0.865. The Labute approximate surface area is 113 Å². The van der Waals surface area contributed by atoms with Gasteiger partial charge >= 0.3 is 5.97 Å². The van der Waals surface area contributed by atoms with Crippen molar-refractivity contribution in [3.05, 3.63) is 29.8 Å². The smallest absolute Gasteiger partial charge is 0.318 e. The van der Waals surface area contributed by atoms with E-state index < -0.39 is 22.5 Å². The molecule has 0 aliphatic heterocycles. The standard InChI is InChI=1S/C13H19NO4S/c1-4-11(3)14(9-13(15)16)19(17,18)12-7-5-6-10(2)8-12/h5-8,11H,4,9H2,1-3H3,(H,15,16). The summed E-state index contributed by atoms with van der Waals surface area (Å²) in [5.41, 5.74) is 0.820. The molecule has 0 aliphatic carbocycles. The van der Waals surface area contributed by atoms with Crippen LogP contribution >= 0.6 is 0 Å². The second kappa shape index (κ2) is 6.16. The van der Waals surface area contributed by atoms with Gasteiger partial charge in [0.15, 0.2) is 0 Å². The van der Waals surface area contributed by atoms with E-state index in [0.29, 0.717) is 6.42 Å². The van der Waals surface area contributed by atoms with E-state index >= 15 is 0 Å². The zero-order chi connectivity index (χ0) is 14.6. The number of hydrogen-bond donors (Lipinski definition) is 1. The van der Waals surface area contributed by atoms with Crippen LogP contribution in [0.4, 0.5) is 0 Å². The average Bonchev–Trinajstić information content (AvgIpc) is 2.34. The molecule has 0 bridgehead atoms. The third-order valence-electron chi connectivity index (χ3n) is 2.97. The van der Waals surface area contributed by atoms with E-state index in [1.54, 1.807) is 32.0 Å². The highest BCUT2D eigenvalue weighted by Gasteiger charge is 2.30. The summed E-state index contributed by atoms with van der Waals surface area (Å²) < 4.78 is 26.0. The third-order valence-corrected chi connectivity index (χ3v) is 4.93. The molecule has 0 saturated heterocycles. The van der Waals surface area contributed by atoms with Gasteiger partial charge in [-0.1, -0.05) is 19.1 Å². The molecule has 0 aromatic heterocycles. The van der Waals surface area contributed by atoms with Crippen LogP contribution in [0, 0.1) is 6.92 Å². The summed E-state index contributed by atoms with van der Waals surface area (Å²) >= 11 is 0. The van der Waals surface area contributed by atoms with Crippen molar-refractivity contribution in [1.29, 1.82) is 0 Å². The number of hydrogen-bond acceptors (Lipinski definition) is 3. The first-order valence-corrected chi connectivity index (χ1v) is 7.53. The fourth-order valence-electron chi connectivity index (χ4n) is 1.73. The van der Waals surface area contributed by atoms with Gasteiger partial charge in [-0.2, -0.15) is 4.31 Å². The maximum absolute atomic E-state index is 12.5. The Hall–Kier alpha value is -1.40. The van der Waals surface area contributed by atoms with Gasteiger partial charge in [-0.25, -0.2) is 8.42 Å². The minimum Gasteiger partial charge on any atom is -0.480 e. The predicted octanol–water partition coefficient (Wildman–Crippen LogP) is 1.87. The summed E-state index contributed by atoms with van der Waals surface area (Å²) in [5, 5.41) is 8.89. The van der Waals surface area contributed by atoms with Crippen LogP contribution in [0.25, 0.3) is 0 Å². The first kappa shape index (κ1) is 15.7. The lowest BCUT2D eigenvalue weighted by atomic mass is 10.2. The first-order chi connectivity index (χ1) is 8.78. The zero-order valence-corrected chi connectivity index (χ0v) is 12.1. The molecule has 0 spiro atoms. The lowest BCUT2D eigenvalue weighted by Crippen LogP contribution is -2.41. The molecule has 1 unspecified atom stereocenters. The van der Waals surface area contributed by atoms with Crippen LogP contribution in [0.5, 0.6) is 0 Å². The number of aliphatic carboxylic acids is 1. The molecular formula is C13H19NO4S. The van der Waals surface area contributed by atoms with Gasteiger partial charge in [-0.15, -0.1) is 0 Å². The van der Waals surface area contributed by atoms with Gasteiger partial charge in [0.05, 0.1) is 4.90 Å². The van der Waals surface area contributed by atoms with Gasteiger partial charge in [0.2, 0.25) is 10.0 Å². The van der Waals surface area contributed by atoms with E-state index in [1.807, 2.05) is 6.92 Å². The molecule has 1 N–H and O–H groups in total. The molecular weight excluding hydrogens is 266 g/mol. The molecule has 106 valence electrons. The predicted molar refractivity (Wildman–Crippen MR) is 72.5 cm³/mol. The molecule has 1 aromatic rings. The zero-order valence-electron chi connectivity index (χ0n) is 11.3. The number of carbonyl (C=O) groups is 1. The number of sulfonamides is 1. The van der Waals surface area contributed by atoms with Crippen LogP contribution < -0.4 is 0 Å². The molecule has 0 aliphatic rings. The molecule has 1 atom stereocenters. The molecule has 0 heterocycles. The Kier molecular flexibility index (Phi) is 5.08. The van der Waals surface area contributed by atoms with Crippen molar-refractivity contribution in [3.8, 4) is 0 Å². The highest BCUT2D eigenvalue weighted by Crippen LogP contribution is 2.20. The lowest BCUT2D eigenvalue weighted by Gasteiger charge is -2.26. The van der Waals surface area contributed by atoms with E-state index in [1.165, 1.54) is 6.07 Å². The minimum absolute atomic E-state index is 0.133. The topological polar surface area (TPSA) is 74.7 Å². The summed E-state index contributed by atoms with van der Waals surface area (Å²) in [4.78, 5) is 11.0. The monoisotopic (exact) mass is 285 g/mol. The average molecular weight is 285 g/mol. The molecule has 1 aromatic carbocycles. The number of nitrogens with zero attached hydrogens (tertiary/aromatic N) is 1. The molecule has 0 fully saturated rings. The number of aryl methyl sites for hydroxylation is 1. The lowest BCUT2D eigenvalue weighted by molar-refractivity contribution is -0.137. The summed E-state index contributed by atoms with van der Waals surface area (Å²) in [7, 11) is -3.78. The van der Waals surface area contributed by atoms with Gasteiger partial charge in [0, 0.05) is 6.04 Å². The van der Waals surface area contributed by atoms with Crippen molar-refractivity contribution in [2.75, 3.05) is 6.54 Å². The molecule has 1 rings (SSSR count).